The van der Waals surface area contributed by atoms with E-state index in [4.69, 9.17) is 15.5 Å². The maximum atomic E-state index is 8.67. The second kappa shape index (κ2) is 5.78. The van der Waals surface area contributed by atoms with Crippen molar-refractivity contribution in [3.05, 3.63) is 47.6 Å². The lowest BCUT2D eigenvalue weighted by Crippen LogP contribution is -2.21. The zero-order valence-corrected chi connectivity index (χ0v) is 9.58. The van der Waals surface area contributed by atoms with E-state index in [1.54, 1.807) is 24.5 Å². The largest absolute Gasteiger partial charge is 0.409 e. The number of hydrogen-bond acceptors (Lipinski definition) is 6. The topological polar surface area (TPSA) is 110 Å². The molecule has 2 heterocycles. The van der Waals surface area contributed by atoms with Gasteiger partial charge in [-0.2, -0.15) is 0 Å². The number of aromatic nitrogens is 2. The van der Waals surface area contributed by atoms with Crippen LogP contribution in [-0.2, 0) is 13.1 Å². The Morgan fingerprint density at radius 2 is 2.28 bits per heavy atom. The van der Waals surface area contributed by atoms with Crippen molar-refractivity contribution in [1.82, 2.24) is 15.5 Å². The summed E-state index contributed by atoms with van der Waals surface area (Å²) >= 11 is 0. The van der Waals surface area contributed by atoms with Crippen molar-refractivity contribution < 1.29 is 9.73 Å². The van der Waals surface area contributed by atoms with Gasteiger partial charge in [-0.3, -0.25) is 4.98 Å². The molecule has 0 fully saturated rings. The highest BCUT2D eigenvalue weighted by molar-refractivity contribution is 5.96. The van der Waals surface area contributed by atoms with Gasteiger partial charge in [0.05, 0.1) is 12.7 Å². The van der Waals surface area contributed by atoms with Gasteiger partial charge in [-0.25, -0.2) is 0 Å². The maximum absolute atomic E-state index is 8.67. The Labute approximate surface area is 103 Å². The number of nitrogens with one attached hydrogen (secondary N) is 1. The molecule has 0 atom stereocenters. The molecule has 18 heavy (non-hydrogen) atoms. The summed E-state index contributed by atoms with van der Waals surface area (Å²) in [4.78, 5) is 4.07. The number of oxime groups is 1. The molecule has 0 aliphatic rings. The van der Waals surface area contributed by atoms with Gasteiger partial charge in [0.1, 0.15) is 11.5 Å². The lowest BCUT2D eigenvalue weighted by Gasteiger charge is -2.07. The zero-order valence-electron chi connectivity index (χ0n) is 9.58. The first-order valence-electron chi connectivity index (χ1n) is 5.33. The smallest absolute Gasteiger partial charge is 0.189 e. The first kappa shape index (κ1) is 12.1. The van der Waals surface area contributed by atoms with Crippen molar-refractivity contribution >= 4 is 5.84 Å². The van der Waals surface area contributed by atoms with Gasteiger partial charge in [0.2, 0.25) is 0 Å². The van der Waals surface area contributed by atoms with Crippen LogP contribution in [0.2, 0.25) is 0 Å². The monoisotopic (exact) mass is 247 g/mol. The molecule has 0 aliphatic carbocycles. The molecule has 0 saturated carbocycles. The molecule has 2 aromatic rings. The normalized spacial score (nSPS) is 11.7. The van der Waals surface area contributed by atoms with E-state index in [1.165, 1.54) is 0 Å². The molecule has 7 heteroatoms. The van der Waals surface area contributed by atoms with Gasteiger partial charge in [0.15, 0.2) is 5.84 Å². The van der Waals surface area contributed by atoms with Gasteiger partial charge in [-0.05, 0) is 11.6 Å². The zero-order chi connectivity index (χ0) is 12.8. The number of amidine groups is 1. The molecule has 4 N–H and O–H groups in total. The van der Waals surface area contributed by atoms with Crippen molar-refractivity contribution in [2.45, 2.75) is 13.1 Å². The minimum atomic E-state index is -0.00735. The molecule has 0 spiro atoms. The summed E-state index contributed by atoms with van der Waals surface area (Å²) in [5, 5.41) is 18.4. The Bertz CT molecular complexity index is 524. The maximum Gasteiger partial charge on any atom is 0.189 e. The van der Waals surface area contributed by atoms with E-state index in [1.807, 2.05) is 6.07 Å². The molecular weight excluding hydrogens is 234 g/mol. The second-order valence-electron chi connectivity index (χ2n) is 3.58. The van der Waals surface area contributed by atoms with E-state index in [2.05, 4.69) is 20.6 Å². The number of hydrogen-bond donors (Lipinski definition) is 3. The molecule has 2 rings (SSSR count). The molecule has 0 radical (unpaired) electrons. The van der Waals surface area contributed by atoms with Gasteiger partial charge in [-0.1, -0.05) is 16.4 Å². The number of nitrogens with two attached hydrogens (primary N) is 1. The minimum absolute atomic E-state index is 0.00735. The SMILES string of the molecule is N/C(=N/O)c1ncccc1CNCc1ccno1. The fraction of sp³-hybridized carbons (Fsp3) is 0.182. The quantitative estimate of drug-likeness (QED) is 0.306. The van der Waals surface area contributed by atoms with Gasteiger partial charge in [0, 0.05) is 18.8 Å². The van der Waals surface area contributed by atoms with Gasteiger partial charge < -0.3 is 20.8 Å². The molecule has 0 bridgehead atoms. The molecule has 94 valence electrons. The summed E-state index contributed by atoms with van der Waals surface area (Å²) in [6, 6.07) is 5.42. The summed E-state index contributed by atoms with van der Waals surface area (Å²) in [5.74, 6) is 0.733. The molecular formula is C11H13N5O2. The molecule has 0 aliphatic heterocycles. The summed E-state index contributed by atoms with van der Waals surface area (Å²) < 4.78 is 4.95. The first-order chi connectivity index (χ1) is 8.81. The van der Waals surface area contributed by atoms with Gasteiger partial charge >= 0.3 is 0 Å². The lowest BCUT2D eigenvalue weighted by molar-refractivity contribution is 0.318. The minimum Gasteiger partial charge on any atom is -0.409 e. The van der Waals surface area contributed by atoms with E-state index < -0.39 is 0 Å². The summed E-state index contributed by atoms with van der Waals surface area (Å²) in [6.45, 7) is 1.07. The molecule has 0 saturated heterocycles. The van der Waals surface area contributed by atoms with E-state index in [9.17, 15) is 0 Å². The van der Waals surface area contributed by atoms with E-state index >= 15 is 0 Å². The van der Waals surface area contributed by atoms with Crippen molar-refractivity contribution in [1.29, 1.82) is 0 Å². The second-order valence-corrected chi connectivity index (χ2v) is 3.58. The molecule has 7 nitrogen and oxygen atoms in total. The van der Waals surface area contributed by atoms with Crippen molar-refractivity contribution in [2.75, 3.05) is 0 Å². The Morgan fingerprint density at radius 3 is 3.00 bits per heavy atom. The van der Waals surface area contributed by atoms with Crippen LogP contribution in [0.1, 0.15) is 17.0 Å². The van der Waals surface area contributed by atoms with Crippen LogP contribution < -0.4 is 11.1 Å². The van der Waals surface area contributed by atoms with Crippen LogP contribution in [0, 0.1) is 0 Å². The summed E-state index contributed by atoms with van der Waals surface area (Å²) in [7, 11) is 0. The van der Waals surface area contributed by atoms with Crippen LogP contribution in [0.3, 0.4) is 0 Å². The predicted octanol–water partition coefficient (Wildman–Crippen LogP) is 0.454. The van der Waals surface area contributed by atoms with Crippen molar-refractivity contribution in [3.63, 3.8) is 0 Å². The van der Waals surface area contributed by atoms with E-state index in [0.717, 1.165) is 11.3 Å². The van der Waals surface area contributed by atoms with E-state index in [-0.39, 0.29) is 5.84 Å². The number of nitrogens with zero attached hydrogens (tertiary/aromatic N) is 3. The fourth-order valence-electron chi connectivity index (χ4n) is 1.51. The summed E-state index contributed by atoms with van der Waals surface area (Å²) in [6.07, 6.45) is 3.18. The number of rotatable bonds is 5. The standard InChI is InChI=1S/C11H13N5O2/c12-11(16-17)10-8(2-1-4-14-10)6-13-7-9-3-5-15-18-9/h1-5,13,17H,6-7H2,(H2,12,16). The lowest BCUT2D eigenvalue weighted by atomic mass is 10.2. The predicted molar refractivity (Wildman–Crippen MR) is 63.8 cm³/mol. The Hall–Kier alpha value is -2.41. The van der Waals surface area contributed by atoms with Crippen LogP contribution in [0.4, 0.5) is 0 Å². The molecule has 0 aromatic carbocycles. The Morgan fingerprint density at radius 1 is 1.39 bits per heavy atom. The van der Waals surface area contributed by atoms with Crippen LogP contribution in [0.15, 0.2) is 40.3 Å². The summed E-state index contributed by atoms with van der Waals surface area (Å²) in [5.41, 5.74) is 6.85. The molecule has 0 unspecified atom stereocenters. The van der Waals surface area contributed by atoms with Crippen molar-refractivity contribution in [3.8, 4) is 0 Å². The van der Waals surface area contributed by atoms with Crippen LogP contribution in [-0.4, -0.2) is 21.2 Å². The number of pyridine rings is 1. The third-order valence-corrected chi connectivity index (χ3v) is 2.35. The molecule has 0 amide bonds. The highest BCUT2D eigenvalue weighted by Gasteiger charge is 2.07. The Balaban J connectivity index is 2.01. The van der Waals surface area contributed by atoms with E-state index in [0.29, 0.717) is 18.8 Å². The van der Waals surface area contributed by atoms with Gasteiger partial charge in [0.25, 0.3) is 0 Å². The third kappa shape index (κ3) is 2.83. The van der Waals surface area contributed by atoms with Crippen LogP contribution in [0.5, 0.6) is 0 Å². The van der Waals surface area contributed by atoms with Crippen LogP contribution >= 0.6 is 0 Å². The highest BCUT2D eigenvalue weighted by Crippen LogP contribution is 2.05. The van der Waals surface area contributed by atoms with Crippen LogP contribution in [0.25, 0.3) is 0 Å². The van der Waals surface area contributed by atoms with Crippen molar-refractivity contribution in [2.24, 2.45) is 10.9 Å². The third-order valence-electron chi connectivity index (χ3n) is 2.35. The van der Waals surface area contributed by atoms with Gasteiger partial charge in [-0.15, -0.1) is 0 Å². The average molecular weight is 247 g/mol. The highest BCUT2D eigenvalue weighted by atomic mass is 16.5. The Kier molecular flexibility index (Phi) is 3.87. The molecule has 2 aromatic heterocycles. The first-order valence-corrected chi connectivity index (χ1v) is 5.33. The fourth-order valence-corrected chi connectivity index (χ4v) is 1.51. The average Bonchev–Trinajstić information content (AvgIpc) is 2.92.